The van der Waals surface area contributed by atoms with Gasteiger partial charge in [0, 0.05) is 11.0 Å². The van der Waals surface area contributed by atoms with Gasteiger partial charge >= 0.3 is 0 Å². The number of aliphatic hydroxyl groups excluding tert-OH is 1. The van der Waals surface area contributed by atoms with E-state index in [0.29, 0.717) is 18.7 Å². The van der Waals surface area contributed by atoms with Gasteiger partial charge in [-0.15, -0.1) is 0 Å². The Balaban J connectivity index is 2.34. The number of carbonyl (C=O) groups excluding carboxylic acids is 1. The molecule has 1 atom stereocenters. The van der Waals surface area contributed by atoms with Crippen LogP contribution in [0, 0.1) is 5.41 Å². The standard InChI is InChI=1S/C15H22BrNO3/c1-11(18)8-15(2,3)10-17-14(19)9-20-13-6-4-5-12(16)7-13/h4-7,11,18H,8-10H2,1-3H3,(H,17,19). The third-order valence-electron chi connectivity index (χ3n) is 2.78. The average molecular weight is 344 g/mol. The molecular formula is C15H22BrNO3. The van der Waals surface area contributed by atoms with E-state index in [1.165, 1.54) is 0 Å². The van der Waals surface area contributed by atoms with Gasteiger partial charge in [0.2, 0.25) is 0 Å². The normalized spacial score (nSPS) is 12.8. The van der Waals surface area contributed by atoms with Crippen LogP contribution in [0.15, 0.2) is 28.7 Å². The number of hydrogen-bond acceptors (Lipinski definition) is 3. The Kier molecular flexibility index (Phi) is 6.49. The molecular weight excluding hydrogens is 322 g/mol. The zero-order chi connectivity index (χ0) is 15.2. The molecule has 0 fully saturated rings. The highest BCUT2D eigenvalue weighted by molar-refractivity contribution is 9.10. The fourth-order valence-corrected chi connectivity index (χ4v) is 2.34. The molecule has 20 heavy (non-hydrogen) atoms. The lowest BCUT2D eigenvalue weighted by Crippen LogP contribution is -2.38. The number of rotatable bonds is 7. The van der Waals surface area contributed by atoms with Crippen LogP contribution in [0.5, 0.6) is 5.75 Å². The molecule has 1 amide bonds. The monoisotopic (exact) mass is 343 g/mol. The highest BCUT2D eigenvalue weighted by Gasteiger charge is 2.21. The summed E-state index contributed by atoms with van der Waals surface area (Å²) in [6, 6.07) is 7.36. The van der Waals surface area contributed by atoms with Gasteiger partial charge in [0.15, 0.2) is 6.61 Å². The minimum Gasteiger partial charge on any atom is -0.484 e. The third-order valence-corrected chi connectivity index (χ3v) is 3.27. The molecule has 0 heterocycles. The smallest absolute Gasteiger partial charge is 0.257 e. The highest BCUT2D eigenvalue weighted by Crippen LogP contribution is 2.21. The number of carbonyl (C=O) groups is 1. The van der Waals surface area contributed by atoms with Crippen LogP contribution in [0.2, 0.25) is 0 Å². The van der Waals surface area contributed by atoms with Gasteiger partial charge in [-0.3, -0.25) is 4.79 Å². The van der Waals surface area contributed by atoms with Crippen LogP contribution in [0.25, 0.3) is 0 Å². The Labute approximate surface area is 128 Å². The number of amides is 1. The summed E-state index contributed by atoms with van der Waals surface area (Å²) in [5, 5.41) is 12.2. The minimum atomic E-state index is -0.375. The summed E-state index contributed by atoms with van der Waals surface area (Å²) in [4.78, 5) is 11.7. The van der Waals surface area contributed by atoms with E-state index in [1.54, 1.807) is 13.0 Å². The Morgan fingerprint density at radius 3 is 2.80 bits per heavy atom. The van der Waals surface area contributed by atoms with Gasteiger partial charge in [-0.25, -0.2) is 0 Å². The topological polar surface area (TPSA) is 58.6 Å². The molecule has 112 valence electrons. The van der Waals surface area contributed by atoms with Gasteiger partial charge in [0.05, 0.1) is 6.10 Å². The van der Waals surface area contributed by atoms with Crippen molar-refractivity contribution < 1.29 is 14.6 Å². The molecule has 1 aromatic carbocycles. The van der Waals surface area contributed by atoms with Crippen molar-refractivity contribution in [1.82, 2.24) is 5.32 Å². The lowest BCUT2D eigenvalue weighted by molar-refractivity contribution is -0.123. The maximum absolute atomic E-state index is 11.7. The van der Waals surface area contributed by atoms with Crippen LogP contribution < -0.4 is 10.1 Å². The number of halogens is 1. The van der Waals surface area contributed by atoms with Crippen molar-refractivity contribution in [2.24, 2.45) is 5.41 Å². The molecule has 0 spiro atoms. The van der Waals surface area contributed by atoms with Crippen LogP contribution in [-0.2, 0) is 4.79 Å². The summed E-state index contributed by atoms with van der Waals surface area (Å²) in [6.07, 6.45) is 0.263. The summed E-state index contributed by atoms with van der Waals surface area (Å²) in [5.41, 5.74) is -0.139. The molecule has 0 aliphatic carbocycles. The molecule has 2 N–H and O–H groups in total. The molecule has 0 radical (unpaired) electrons. The van der Waals surface area contributed by atoms with E-state index >= 15 is 0 Å². The molecule has 1 rings (SSSR count). The first-order valence-corrected chi connectivity index (χ1v) is 7.41. The summed E-state index contributed by atoms with van der Waals surface area (Å²) in [5.74, 6) is 0.487. The molecule has 0 saturated carbocycles. The van der Waals surface area contributed by atoms with Crippen molar-refractivity contribution in [2.75, 3.05) is 13.2 Å². The van der Waals surface area contributed by atoms with Gasteiger partial charge in [0.1, 0.15) is 5.75 Å². The Morgan fingerprint density at radius 2 is 2.20 bits per heavy atom. The van der Waals surface area contributed by atoms with Crippen molar-refractivity contribution in [1.29, 1.82) is 0 Å². The fourth-order valence-electron chi connectivity index (χ4n) is 1.97. The molecule has 0 aliphatic rings. The molecule has 0 aliphatic heterocycles. The van der Waals surface area contributed by atoms with Gasteiger partial charge in [-0.05, 0) is 37.0 Å². The van der Waals surface area contributed by atoms with Crippen LogP contribution >= 0.6 is 15.9 Å². The van der Waals surface area contributed by atoms with Gasteiger partial charge in [-0.2, -0.15) is 0 Å². The summed E-state index contributed by atoms with van der Waals surface area (Å²) >= 11 is 3.34. The Morgan fingerprint density at radius 1 is 1.50 bits per heavy atom. The second-order valence-corrected chi connectivity index (χ2v) is 6.66. The van der Waals surface area contributed by atoms with Crippen molar-refractivity contribution in [3.05, 3.63) is 28.7 Å². The quantitative estimate of drug-likeness (QED) is 0.800. The predicted molar refractivity (Wildman–Crippen MR) is 82.7 cm³/mol. The van der Waals surface area contributed by atoms with E-state index in [-0.39, 0.29) is 24.0 Å². The van der Waals surface area contributed by atoms with E-state index in [4.69, 9.17) is 4.74 Å². The molecule has 5 heteroatoms. The maximum Gasteiger partial charge on any atom is 0.257 e. The van der Waals surface area contributed by atoms with Crippen molar-refractivity contribution in [2.45, 2.75) is 33.3 Å². The first-order chi connectivity index (χ1) is 9.28. The van der Waals surface area contributed by atoms with Crippen molar-refractivity contribution in [3.8, 4) is 5.75 Å². The molecule has 0 aromatic heterocycles. The van der Waals surface area contributed by atoms with E-state index < -0.39 is 0 Å². The number of aliphatic hydroxyl groups is 1. The summed E-state index contributed by atoms with van der Waals surface area (Å²) in [7, 11) is 0. The predicted octanol–water partition coefficient (Wildman–Crippen LogP) is 2.74. The van der Waals surface area contributed by atoms with E-state index in [2.05, 4.69) is 21.2 Å². The number of hydrogen-bond donors (Lipinski definition) is 2. The largest absolute Gasteiger partial charge is 0.484 e. The highest BCUT2D eigenvalue weighted by atomic mass is 79.9. The number of benzene rings is 1. The van der Waals surface area contributed by atoms with Crippen LogP contribution in [0.3, 0.4) is 0 Å². The second-order valence-electron chi connectivity index (χ2n) is 5.74. The van der Waals surface area contributed by atoms with Gasteiger partial charge < -0.3 is 15.2 Å². The third kappa shape index (κ3) is 6.91. The van der Waals surface area contributed by atoms with E-state index in [9.17, 15) is 9.90 Å². The lowest BCUT2D eigenvalue weighted by Gasteiger charge is -2.26. The van der Waals surface area contributed by atoms with Gasteiger partial charge in [0.25, 0.3) is 5.91 Å². The molecule has 4 nitrogen and oxygen atoms in total. The van der Waals surface area contributed by atoms with Crippen LogP contribution in [-0.4, -0.2) is 30.3 Å². The second kappa shape index (κ2) is 7.64. The van der Waals surface area contributed by atoms with E-state index in [0.717, 1.165) is 4.47 Å². The van der Waals surface area contributed by atoms with Crippen LogP contribution in [0.1, 0.15) is 27.2 Å². The van der Waals surface area contributed by atoms with Crippen molar-refractivity contribution >= 4 is 21.8 Å². The first kappa shape index (κ1) is 17.0. The number of nitrogens with one attached hydrogen (secondary N) is 1. The first-order valence-electron chi connectivity index (χ1n) is 6.62. The fraction of sp³-hybridized carbons (Fsp3) is 0.533. The van der Waals surface area contributed by atoms with Gasteiger partial charge in [-0.1, -0.05) is 35.8 Å². The average Bonchev–Trinajstić information content (AvgIpc) is 2.32. The number of ether oxygens (including phenoxy) is 1. The molecule has 1 unspecified atom stereocenters. The summed E-state index contributed by atoms with van der Waals surface area (Å²) in [6.45, 7) is 6.27. The van der Waals surface area contributed by atoms with Crippen molar-refractivity contribution in [3.63, 3.8) is 0 Å². The van der Waals surface area contributed by atoms with E-state index in [1.807, 2.05) is 32.0 Å². The maximum atomic E-state index is 11.7. The van der Waals surface area contributed by atoms with Crippen LogP contribution in [0.4, 0.5) is 0 Å². The lowest BCUT2D eigenvalue weighted by atomic mass is 9.87. The molecule has 1 aromatic rings. The molecule has 0 bridgehead atoms. The summed E-state index contributed by atoms with van der Waals surface area (Å²) < 4.78 is 6.31. The Bertz CT molecular complexity index is 446. The molecule has 0 saturated heterocycles. The Hall–Kier alpha value is -1.07. The SMILES string of the molecule is CC(O)CC(C)(C)CNC(=O)COc1cccc(Br)c1. The zero-order valence-corrected chi connectivity index (χ0v) is 13.7. The minimum absolute atomic E-state index is 0.0127. The zero-order valence-electron chi connectivity index (χ0n) is 12.1.